The number of fused-ring (bicyclic) bond motifs is 3. The zero-order chi connectivity index (χ0) is 28.3. The Bertz CT molecular complexity index is 1160. The van der Waals surface area contributed by atoms with Gasteiger partial charge in [-0.2, -0.15) is 0 Å². The molecule has 1 unspecified atom stereocenters. The predicted molar refractivity (Wildman–Crippen MR) is 137 cm³/mol. The third-order valence-corrected chi connectivity index (χ3v) is 6.99. The van der Waals surface area contributed by atoms with Crippen molar-refractivity contribution in [1.29, 1.82) is 0 Å². The molecule has 2 N–H and O–H groups in total. The molecule has 1 saturated heterocycles. The van der Waals surface area contributed by atoms with Crippen LogP contribution in [-0.4, -0.2) is 84.0 Å². The van der Waals surface area contributed by atoms with Gasteiger partial charge in [0, 0.05) is 18.5 Å². The molecule has 39 heavy (non-hydrogen) atoms. The first-order valence-corrected chi connectivity index (χ1v) is 12.9. The minimum atomic E-state index is -1.22. The fourth-order valence-corrected chi connectivity index (χ4v) is 4.96. The fraction of sp³-hybridized carbons (Fsp3) is 0.556. The van der Waals surface area contributed by atoms with Gasteiger partial charge in [0.25, 0.3) is 0 Å². The number of alkyl carbamates (subject to hydrolysis) is 1. The average molecular weight is 546 g/mol. The minimum Gasteiger partial charge on any atom is -0.493 e. The number of methoxy groups -OCH3 is 1. The Hall–Kier alpha value is -3.96. The molecule has 1 fully saturated rings. The molecule has 3 aliphatic rings. The maximum atomic E-state index is 13.6. The van der Waals surface area contributed by atoms with Crippen LogP contribution >= 0.6 is 0 Å². The molecular formula is C27H35N3O9. The van der Waals surface area contributed by atoms with E-state index >= 15 is 0 Å². The lowest BCUT2D eigenvalue weighted by Crippen LogP contribution is -2.57. The number of nitrogens with zero attached hydrogens (tertiary/aromatic N) is 2. The van der Waals surface area contributed by atoms with Gasteiger partial charge in [-0.1, -0.05) is 39.0 Å². The predicted octanol–water partition coefficient (Wildman–Crippen LogP) is 2.68. The highest BCUT2D eigenvalue weighted by atomic mass is 16.6. The van der Waals surface area contributed by atoms with Gasteiger partial charge in [-0.25, -0.2) is 14.4 Å². The molecular weight excluding hydrogens is 510 g/mol. The van der Waals surface area contributed by atoms with Gasteiger partial charge in [0.05, 0.1) is 26.8 Å². The van der Waals surface area contributed by atoms with E-state index in [0.717, 1.165) is 16.0 Å². The van der Waals surface area contributed by atoms with Crippen molar-refractivity contribution in [2.24, 2.45) is 5.41 Å². The summed E-state index contributed by atoms with van der Waals surface area (Å²) >= 11 is 0. The smallest absolute Gasteiger partial charge is 0.410 e. The van der Waals surface area contributed by atoms with Crippen LogP contribution in [0.3, 0.4) is 0 Å². The number of amides is 3. The quantitative estimate of drug-likeness (QED) is 0.536. The number of cyclic esters (lactones) is 1. The maximum absolute atomic E-state index is 13.6. The molecule has 3 atom stereocenters. The van der Waals surface area contributed by atoms with Gasteiger partial charge >= 0.3 is 18.2 Å². The summed E-state index contributed by atoms with van der Waals surface area (Å²) < 4.78 is 22.4. The second-order valence-corrected chi connectivity index (χ2v) is 10.8. The lowest BCUT2D eigenvalue weighted by atomic mass is 9.85. The summed E-state index contributed by atoms with van der Waals surface area (Å²) in [4.78, 5) is 53.9. The van der Waals surface area contributed by atoms with Crippen molar-refractivity contribution in [3.8, 4) is 11.5 Å². The second kappa shape index (κ2) is 11.4. The van der Waals surface area contributed by atoms with Gasteiger partial charge in [-0.15, -0.1) is 0 Å². The standard InChI is InChI=1S/C27H35N3O9/c1-27(2,3)22-23(31)30-14-17(12-19(30)24(32)33)39-26(35)29-13-16-8-9-20(36-4)21(18(16)15-29)37-10-6-5-7-11-38-25(34)28-22/h5-6,8-9,17,19,22H,7,10-15H2,1-4H3,(H,28,34)(H,32,33)/t17-,19?,22-/m1/s1. The number of benzene rings is 1. The molecule has 3 amide bonds. The molecule has 0 radical (unpaired) electrons. The van der Waals surface area contributed by atoms with Crippen LogP contribution < -0.4 is 14.8 Å². The Morgan fingerprint density at radius 1 is 1.13 bits per heavy atom. The van der Waals surface area contributed by atoms with Crippen LogP contribution in [0.4, 0.5) is 9.59 Å². The number of carboxylic acids is 1. The van der Waals surface area contributed by atoms with Crippen molar-refractivity contribution in [1.82, 2.24) is 15.1 Å². The second-order valence-electron chi connectivity index (χ2n) is 10.8. The molecule has 12 nitrogen and oxygen atoms in total. The van der Waals surface area contributed by atoms with Crippen LogP contribution in [0.15, 0.2) is 24.3 Å². The maximum Gasteiger partial charge on any atom is 0.410 e. The largest absolute Gasteiger partial charge is 0.493 e. The lowest BCUT2D eigenvalue weighted by Gasteiger charge is -2.34. The van der Waals surface area contributed by atoms with E-state index in [1.54, 1.807) is 39.0 Å². The van der Waals surface area contributed by atoms with Crippen LogP contribution in [-0.2, 0) is 32.2 Å². The van der Waals surface area contributed by atoms with E-state index in [4.69, 9.17) is 18.9 Å². The highest BCUT2D eigenvalue weighted by Crippen LogP contribution is 2.39. The highest BCUT2D eigenvalue weighted by Gasteiger charge is 2.46. The van der Waals surface area contributed by atoms with Gasteiger partial charge < -0.3 is 34.3 Å². The normalized spacial score (nSPS) is 24.4. The number of rotatable bonds is 2. The van der Waals surface area contributed by atoms with Crippen molar-refractivity contribution in [3.05, 3.63) is 35.4 Å². The number of hydrogen-bond acceptors (Lipinski definition) is 8. The first-order chi connectivity index (χ1) is 18.5. The summed E-state index contributed by atoms with van der Waals surface area (Å²) in [5, 5.41) is 12.4. The van der Waals surface area contributed by atoms with Crippen LogP contribution in [0.25, 0.3) is 0 Å². The van der Waals surface area contributed by atoms with Crippen molar-refractivity contribution in [2.75, 3.05) is 26.9 Å². The topological polar surface area (TPSA) is 144 Å². The van der Waals surface area contributed by atoms with Gasteiger partial charge in [0.15, 0.2) is 11.5 Å². The van der Waals surface area contributed by atoms with Crippen molar-refractivity contribution in [3.63, 3.8) is 0 Å². The Morgan fingerprint density at radius 2 is 1.90 bits per heavy atom. The van der Waals surface area contributed by atoms with Crippen molar-refractivity contribution < 1.29 is 43.2 Å². The summed E-state index contributed by atoms with van der Waals surface area (Å²) in [5.41, 5.74) is 0.937. The minimum absolute atomic E-state index is 0.0667. The number of ether oxygens (including phenoxy) is 4. The molecule has 3 aliphatic heterocycles. The van der Waals surface area contributed by atoms with E-state index in [9.17, 15) is 24.3 Å². The first-order valence-electron chi connectivity index (χ1n) is 12.9. The fourth-order valence-electron chi connectivity index (χ4n) is 4.96. The van der Waals surface area contributed by atoms with Crippen LogP contribution in [0.2, 0.25) is 0 Å². The molecule has 0 saturated carbocycles. The molecule has 212 valence electrons. The van der Waals surface area contributed by atoms with E-state index in [2.05, 4.69) is 5.32 Å². The Labute approximate surface area is 226 Å². The first kappa shape index (κ1) is 28.1. The SMILES string of the molecule is COc1ccc2c3c1OCC=CCCOC(=O)N[C@@H](C(C)(C)C)C(=O)N1C[C@@H](CC1C(=O)O)OC(=O)N(C2)C3. The lowest BCUT2D eigenvalue weighted by molar-refractivity contribution is -0.150. The van der Waals surface area contributed by atoms with E-state index in [0.29, 0.717) is 17.9 Å². The number of nitrogens with one attached hydrogen (secondary N) is 1. The van der Waals surface area contributed by atoms with Crippen LogP contribution in [0.1, 0.15) is 44.7 Å². The molecule has 4 bridgehead atoms. The molecule has 3 heterocycles. The summed E-state index contributed by atoms with van der Waals surface area (Å²) in [6, 6.07) is 1.37. The van der Waals surface area contributed by atoms with Crippen LogP contribution in [0.5, 0.6) is 11.5 Å². The van der Waals surface area contributed by atoms with Crippen molar-refractivity contribution in [2.45, 2.75) is 64.9 Å². The van der Waals surface area contributed by atoms with Gasteiger partial charge in [0.2, 0.25) is 5.91 Å². The number of hydrogen-bond donors (Lipinski definition) is 2. The Balaban J connectivity index is 1.62. The summed E-state index contributed by atoms with van der Waals surface area (Å²) in [7, 11) is 1.54. The van der Waals surface area contributed by atoms with Crippen LogP contribution in [0, 0.1) is 5.41 Å². The molecule has 4 rings (SSSR count). The monoisotopic (exact) mass is 545 g/mol. The van der Waals surface area contributed by atoms with E-state index in [-0.39, 0.29) is 39.3 Å². The van der Waals surface area contributed by atoms with E-state index in [1.165, 1.54) is 12.0 Å². The summed E-state index contributed by atoms with van der Waals surface area (Å²) in [6.07, 6.45) is 1.70. The van der Waals surface area contributed by atoms with Gasteiger partial charge in [-0.05, 0) is 23.5 Å². The van der Waals surface area contributed by atoms with E-state index in [1.807, 2.05) is 6.07 Å². The van der Waals surface area contributed by atoms with Crippen molar-refractivity contribution >= 4 is 24.1 Å². The molecule has 12 heteroatoms. The third kappa shape index (κ3) is 6.21. The summed E-state index contributed by atoms with van der Waals surface area (Å²) in [5.74, 6) is -0.745. The Kier molecular flexibility index (Phi) is 8.22. The zero-order valence-electron chi connectivity index (χ0n) is 22.6. The molecule has 1 aromatic carbocycles. The van der Waals surface area contributed by atoms with Gasteiger partial charge in [0.1, 0.15) is 24.8 Å². The summed E-state index contributed by atoms with van der Waals surface area (Å²) in [6.45, 7) is 5.99. The molecule has 1 aromatic rings. The Morgan fingerprint density at radius 3 is 2.59 bits per heavy atom. The van der Waals surface area contributed by atoms with Gasteiger partial charge in [-0.3, -0.25) is 9.69 Å². The molecule has 0 aliphatic carbocycles. The number of carbonyl (C=O) groups excluding carboxylic acids is 3. The highest BCUT2D eigenvalue weighted by molar-refractivity contribution is 5.90. The number of carbonyl (C=O) groups is 4. The zero-order valence-corrected chi connectivity index (χ0v) is 22.6. The molecule has 0 aromatic heterocycles. The average Bonchev–Trinajstić information content (AvgIpc) is 3.50. The third-order valence-electron chi connectivity index (χ3n) is 6.99. The number of aliphatic carboxylic acids is 1. The number of carboxylic acid groups (broad SMARTS) is 1. The molecule has 0 spiro atoms. The van der Waals surface area contributed by atoms with E-state index < -0.39 is 47.7 Å².